The van der Waals surface area contributed by atoms with Gasteiger partial charge in [0.1, 0.15) is 17.4 Å². The van der Waals surface area contributed by atoms with Gasteiger partial charge < -0.3 is 10.5 Å². The molecule has 0 heterocycles. The first kappa shape index (κ1) is 12.5. The number of benzene rings is 2. The van der Waals surface area contributed by atoms with Crippen molar-refractivity contribution in [1.82, 2.24) is 0 Å². The first-order chi connectivity index (χ1) is 8.67. The lowest BCUT2D eigenvalue weighted by atomic mass is 9.98. The van der Waals surface area contributed by atoms with E-state index < -0.39 is 11.6 Å². The van der Waals surface area contributed by atoms with Crippen LogP contribution < -0.4 is 10.5 Å². The summed E-state index contributed by atoms with van der Waals surface area (Å²) in [6, 6.07) is 8.78. The molecule has 2 nitrogen and oxygen atoms in total. The summed E-state index contributed by atoms with van der Waals surface area (Å²) >= 11 is 0. The molecule has 4 heteroatoms. The second-order valence-corrected chi connectivity index (χ2v) is 3.82. The highest BCUT2D eigenvalue weighted by atomic mass is 19.1. The summed E-state index contributed by atoms with van der Waals surface area (Å²) in [4.78, 5) is 0. The van der Waals surface area contributed by atoms with Gasteiger partial charge in [-0.2, -0.15) is 0 Å². The molecule has 0 radical (unpaired) electrons. The monoisotopic (exact) mass is 249 g/mol. The van der Waals surface area contributed by atoms with Gasteiger partial charge in [0, 0.05) is 6.54 Å². The second-order valence-electron chi connectivity index (χ2n) is 3.82. The van der Waals surface area contributed by atoms with E-state index in [9.17, 15) is 8.78 Å². The number of methoxy groups -OCH3 is 1. The van der Waals surface area contributed by atoms with Crippen LogP contribution in [-0.4, -0.2) is 7.11 Å². The molecule has 0 aliphatic carbocycles. The fraction of sp³-hybridized carbons (Fsp3) is 0.143. The lowest BCUT2D eigenvalue weighted by Crippen LogP contribution is -2.01. The van der Waals surface area contributed by atoms with Crippen molar-refractivity contribution in [3.8, 4) is 16.9 Å². The standard InChI is InChI=1S/C14H13F2NO/c1-18-10-6-5-9(8-17)11(7-10)14-12(15)3-2-4-13(14)16/h2-7H,8,17H2,1H3. The minimum absolute atomic E-state index is 0.0724. The van der Waals surface area contributed by atoms with E-state index in [2.05, 4.69) is 0 Å². The number of hydrogen-bond donors (Lipinski definition) is 1. The largest absolute Gasteiger partial charge is 0.497 e. The van der Waals surface area contributed by atoms with Crippen LogP contribution >= 0.6 is 0 Å². The van der Waals surface area contributed by atoms with Gasteiger partial charge in [-0.05, 0) is 35.4 Å². The zero-order valence-corrected chi connectivity index (χ0v) is 9.91. The Morgan fingerprint density at radius 3 is 2.33 bits per heavy atom. The summed E-state index contributed by atoms with van der Waals surface area (Å²) in [5.41, 5.74) is 6.61. The van der Waals surface area contributed by atoms with Crippen LogP contribution in [0.5, 0.6) is 5.75 Å². The third-order valence-electron chi connectivity index (χ3n) is 2.77. The van der Waals surface area contributed by atoms with E-state index >= 15 is 0 Å². The highest BCUT2D eigenvalue weighted by molar-refractivity contribution is 5.70. The van der Waals surface area contributed by atoms with E-state index in [0.29, 0.717) is 16.9 Å². The molecule has 0 bridgehead atoms. The van der Waals surface area contributed by atoms with E-state index in [0.717, 1.165) is 0 Å². The van der Waals surface area contributed by atoms with Crippen LogP contribution in [0.15, 0.2) is 36.4 Å². The third-order valence-corrected chi connectivity index (χ3v) is 2.77. The zero-order valence-electron chi connectivity index (χ0n) is 9.91. The molecule has 0 unspecified atom stereocenters. The molecular formula is C14H13F2NO. The molecule has 2 aromatic rings. The molecule has 0 saturated carbocycles. The van der Waals surface area contributed by atoms with Gasteiger partial charge in [0.2, 0.25) is 0 Å². The summed E-state index contributed by atoms with van der Waals surface area (Å²) in [5, 5.41) is 0. The van der Waals surface area contributed by atoms with E-state index in [-0.39, 0.29) is 12.1 Å². The maximum absolute atomic E-state index is 13.8. The Kier molecular flexibility index (Phi) is 3.58. The Labute approximate surface area is 104 Å². The number of nitrogens with two attached hydrogens (primary N) is 1. The third kappa shape index (κ3) is 2.19. The van der Waals surface area contributed by atoms with Crippen LogP contribution in [-0.2, 0) is 6.54 Å². The van der Waals surface area contributed by atoms with Crippen molar-refractivity contribution in [1.29, 1.82) is 0 Å². The van der Waals surface area contributed by atoms with Gasteiger partial charge in [0.05, 0.1) is 12.7 Å². The summed E-state index contributed by atoms with van der Waals surface area (Å²) < 4.78 is 32.6. The molecule has 2 rings (SSSR count). The molecule has 18 heavy (non-hydrogen) atoms. The van der Waals surface area contributed by atoms with Crippen LogP contribution in [0.4, 0.5) is 8.78 Å². The quantitative estimate of drug-likeness (QED) is 0.907. The molecule has 94 valence electrons. The predicted octanol–water partition coefficient (Wildman–Crippen LogP) is 3.10. The SMILES string of the molecule is COc1ccc(CN)c(-c2c(F)cccc2F)c1. The summed E-state index contributed by atoms with van der Waals surface area (Å²) in [6.45, 7) is 0.201. The van der Waals surface area contributed by atoms with Crippen molar-refractivity contribution >= 4 is 0 Å². The first-order valence-electron chi connectivity index (χ1n) is 5.48. The minimum Gasteiger partial charge on any atom is -0.497 e. The van der Waals surface area contributed by atoms with Gasteiger partial charge in [0.15, 0.2) is 0 Å². The van der Waals surface area contributed by atoms with E-state index in [4.69, 9.17) is 10.5 Å². The summed E-state index contributed by atoms with van der Waals surface area (Å²) in [6.07, 6.45) is 0. The highest BCUT2D eigenvalue weighted by Gasteiger charge is 2.14. The molecule has 0 aliphatic rings. The number of hydrogen-bond acceptors (Lipinski definition) is 2. The maximum atomic E-state index is 13.8. The van der Waals surface area contributed by atoms with Crippen molar-refractivity contribution in [2.75, 3.05) is 7.11 Å². The van der Waals surface area contributed by atoms with Gasteiger partial charge in [-0.1, -0.05) is 12.1 Å². The van der Waals surface area contributed by atoms with Gasteiger partial charge in [-0.15, -0.1) is 0 Å². The minimum atomic E-state index is -0.613. The molecule has 0 fully saturated rings. The highest BCUT2D eigenvalue weighted by Crippen LogP contribution is 2.31. The Morgan fingerprint density at radius 2 is 1.78 bits per heavy atom. The zero-order chi connectivity index (χ0) is 13.1. The van der Waals surface area contributed by atoms with Crippen LogP contribution in [0.1, 0.15) is 5.56 Å². The average molecular weight is 249 g/mol. The Bertz CT molecular complexity index is 549. The topological polar surface area (TPSA) is 35.2 Å². The molecule has 0 aromatic heterocycles. The smallest absolute Gasteiger partial charge is 0.133 e. The van der Waals surface area contributed by atoms with Crippen molar-refractivity contribution < 1.29 is 13.5 Å². The normalized spacial score (nSPS) is 10.4. The van der Waals surface area contributed by atoms with E-state index in [1.54, 1.807) is 18.2 Å². The molecule has 0 saturated heterocycles. The van der Waals surface area contributed by atoms with Crippen molar-refractivity contribution in [3.05, 3.63) is 53.6 Å². The fourth-order valence-electron chi connectivity index (χ4n) is 1.85. The second kappa shape index (κ2) is 5.14. The van der Waals surface area contributed by atoms with Gasteiger partial charge >= 0.3 is 0 Å². The van der Waals surface area contributed by atoms with Crippen LogP contribution in [0, 0.1) is 11.6 Å². The molecule has 0 spiro atoms. The summed E-state index contributed by atoms with van der Waals surface area (Å²) in [7, 11) is 1.50. The Morgan fingerprint density at radius 1 is 1.11 bits per heavy atom. The maximum Gasteiger partial charge on any atom is 0.133 e. The van der Waals surface area contributed by atoms with Crippen molar-refractivity contribution in [2.45, 2.75) is 6.54 Å². The molecule has 2 aromatic carbocycles. The van der Waals surface area contributed by atoms with Gasteiger partial charge in [0.25, 0.3) is 0 Å². The number of ether oxygens (including phenoxy) is 1. The average Bonchev–Trinajstić information content (AvgIpc) is 2.38. The summed E-state index contributed by atoms with van der Waals surface area (Å²) in [5.74, 6) is -0.694. The van der Waals surface area contributed by atoms with E-state index in [1.807, 2.05) is 0 Å². The first-order valence-corrected chi connectivity index (χ1v) is 5.48. The van der Waals surface area contributed by atoms with Gasteiger partial charge in [-0.3, -0.25) is 0 Å². The Hall–Kier alpha value is -1.94. The van der Waals surface area contributed by atoms with Crippen LogP contribution in [0.25, 0.3) is 11.1 Å². The predicted molar refractivity (Wildman–Crippen MR) is 66.2 cm³/mol. The Balaban J connectivity index is 2.68. The molecule has 0 amide bonds. The van der Waals surface area contributed by atoms with Crippen molar-refractivity contribution in [2.24, 2.45) is 5.73 Å². The van der Waals surface area contributed by atoms with Crippen LogP contribution in [0.3, 0.4) is 0 Å². The number of halogens is 2. The molecule has 2 N–H and O–H groups in total. The molecule has 0 atom stereocenters. The van der Waals surface area contributed by atoms with Crippen LogP contribution in [0.2, 0.25) is 0 Å². The van der Waals surface area contributed by atoms with Crippen molar-refractivity contribution in [3.63, 3.8) is 0 Å². The molecular weight excluding hydrogens is 236 g/mol. The lowest BCUT2D eigenvalue weighted by molar-refractivity contribution is 0.415. The van der Waals surface area contributed by atoms with E-state index in [1.165, 1.54) is 25.3 Å². The van der Waals surface area contributed by atoms with Gasteiger partial charge in [-0.25, -0.2) is 8.78 Å². The number of rotatable bonds is 3. The lowest BCUT2D eigenvalue weighted by Gasteiger charge is -2.12. The molecule has 0 aliphatic heterocycles. The fourth-order valence-corrected chi connectivity index (χ4v) is 1.85.